The molecule has 0 saturated heterocycles. The van der Waals surface area contributed by atoms with Crippen LogP contribution in [0.2, 0.25) is 0 Å². The lowest BCUT2D eigenvalue weighted by molar-refractivity contribution is -0.419. The third kappa shape index (κ3) is 2.95. The van der Waals surface area contributed by atoms with E-state index in [2.05, 4.69) is 18.2 Å². The van der Waals surface area contributed by atoms with Gasteiger partial charge in [0.25, 0.3) is 0 Å². The number of rotatable bonds is 6. The van der Waals surface area contributed by atoms with Gasteiger partial charge in [-0.1, -0.05) is 23.8 Å². The fourth-order valence-electron chi connectivity index (χ4n) is 2.41. The monoisotopic (exact) mass is 221 g/mol. The van der Waals surface area contributed by atoms with Crippen LogP contribution in [0.25, 0.3) is 0 Å². The van der Waals surface area contributed by atoms with E-state index in [1.54, 1.807) is 5.57 Å². The molecule has 2 unspecified atom stereocenters. The van der Waals surface area contributed by atoms with Gasteiger partial charge in [-0.15, -0.1) is 0 Å². The molecule has 16 heavy (non-hydrogen) atoms. The van der Waals surface area contributed by atoms with Crippen molar-refractivity contribution >= 4 is 6.21 Å². The van der Waals surface area contributed by atoms with Gasteiger partial charge in [0.05, 0.1) is 0 Å². The minimum Gasteiger partial charge on any atom is -0.624 e. The summed E-state index contributed by atoms with van der Waals surface area (Å²) in [4.78, 5) is 0. The van der Waals surface area contributed by atoms with Gasteiger partial charge in [0, 0.05) is 6.61 Å². The zero-order chi connectivity index (χ0) is 11.4. The summed E-state index contributed by atoms with van der Waals surface area (Å²) in [7, 11) is 1.47. The predicted molar refractivity (Wildman–Crippen MR) is 64.5 cm³/mol. The second-order valence-corrected chi connectivity index (χ2v) is 4.54. The summed E-state index contributed by atoms with van der Waals surface area (Å²) in [6, 6.07) is 0. The molecule has 0 radical (unpaired) electrons. The predicted octanol–water partition coefficient (Wildman–Crippen LogP) is 2.13. The molecule has 2 rings (SSSR count). The number of hydrogen-bond acceptors (Lipinski definition) is 2. The Morgan fingerprint density at radius 3 is 3.06 bits per heavy atom. The van der Waals surface area contributed by atoms with Crippen molar-refractivity contribution in [2.24, 2.45) is 11.8 Å². The van der Waals surface area contributed by atoms with Crippen molar-refractivity contribution < 1.29 is 9.48 Å². The van der Waals surface area contributed by atoms with Crippen molar-refractivity contribution in [3.8, 4) is 0 Å². The topological polar surface area (TPSA) is 35.3 Å². The smallest absolute Gasteiger partial charge is 0.176 e. The highest BCUT2D eigenvalue weighted by Crippen LogP contribution is 2.39. The molecule has 0 aliphatic heterocycles. The van der Waals surface area contributed by atoms with E-state index in [1.165, 1.54) is 19.7 Å². The molecule has 88 valence electrons. The number of fused-ring (bicyclic) bond motifs is 2. The Morgan fingerprint density at radius 1 is 1.56 bits per heavy atom. The first kappa shape index (κ1) is 11.4. The van der Waals surface area contributed by atoms with Crippen LogP contribution >= 0.6 is 0 Å². The molecule has 2 bridgehead atoms. The fourth-order valence-corrected chi connectivity index (χ4v) is 2.41. The number of hydrogen-bond donors (Lipinski definition) is 0. The summed E-state index contributed by atoms with van der Waals surface area (Å²) in [6.45, 7) is 1.16. The van der Waals surface area contributed by atoms with Crippen LogP contribution in [-0.4, -0.2) is 31.2 Å². The minimum absolute atomic E-state index is 0.422. The lowest BCUT2D eigenvalue weighted by Gasteiger charge is -2.09. The van der Waals surface area contributed by atoms with Crippen LogP contribution in [0.4, 0.5) is 0 Å². The van der Waals surface area contributed by atoms with Crippen molar-refractivity contribution in [2.45, 2.75) is 19.3 Å². The van der Waals surface area contributed by atoms with Gasteiger partial charge in [-0.25, -0.2) is 4.74 Å². The molecule has 0 spiro atoms. The summed E-state index contributed by atoms with van der Waals surface area (Å²) in [5.41, 5.74) is 1.58. The maximum absolute atomic E-state index is 10.5. The normalized spacial score (nSPS) is 27.6. The lowest BCUT2D eigenvalue weighted by atomic mass is 9.99. The third-order valence-electron chi connectivity index (χ3n) is 3.22. The molecular formula is C13H19NO2. The Labute approximate surface area is 96.7 Å². The van der Waals surface area contributed by atoms with E-state index in [-0.39, 0.29) is 0 Å². The molecular weight excluding hydrogens is 202 g/mol. The molecule has 2 aliphatic carbocycles. The van der Waals surface area contributed by atoms with Crippen LogP contribution < -0.4 is 0 Å². The van der Waals surface area contributed by atoms with Crippen LogP contribution in [0.5, 0.6) is 0 Å². The molecule has 0 aromatic heterocycles. The van der Waals surface area contributed by atoms with E-state index < -0.39 is 0 Å². The van der Waals surface area contributed by atoms with Crippen LogP contribution in [0, 0.1) is 17.0 Å². The van der Waals surface area contributed by atoms with Crippen molar-refractivity contribution in [1.82, 2.24) is 0 Å². The minimum atomic E-state index is 0.422. The van der Waals surface area contributed by atoms with E-state index >= 15 is 0 Å². The first-order valence-electron chi connectivity index (χ1n) is 5.95. The second kappa shape index (κ2) is 5.30. The van der Waals surface area contributed by atoms with Gasteiger partial charge in [-0.3, -0.25) is 0 Å². The lowest BCUT2D eigenvalue weighted by Crippen LogP contribution is -2.05. The van der Waals surface area contributed by atoms with E-state index in [0.29, 0.717) is 18.4 Å². The molecule has 0 fully saturated rings. The SMILES string of the molecule is C/[N+]([O-])=C/COCCCC1=CC2C=CC1C2. The molecule has 0 aromatic rings. The van der Waals surface area contributed by atoms with Crippen molar-refractivity contribution in [1.29, 1.82) is 0 Å². The Bertz CT molecular complexity index is 327. The van der Waals surface area contributed by atoms with Gasteiger partial charge in [0.1, 0.15) is 13.7 Å². The van der Waals surface area contributed by atoms with Gasteiger partial charge >= 0.3 is 0 Å². The van der Waals surface area contributed by atoms with Crippen molar-refractivity contribution in [3.05, 3.63) is 29.0 Å². The van der Waals surface area contributed by atoms with Crippen LogP contribution in [0.15, 0.2) is 23.8 Å². The largest absolute Gasteiger partial charge is 0.624 e. The molecule has 2 aliphatic rings. The Kier molecular flexibility index (Phi) is 3.78. The Hall–Kier alpha value is -1.09. The molecule has 2 atom stereocenters. The highest BCUT2D eigenvalue weighted by Gasteiger charge is 2.26. The number of allylic oxidation sites excluding steroid dienone is 4. The molecule has 3 nitrogen and oxygen atoms in total. The van der Waals surface area contributed by atoms with Gasteiger partial charge < -0.3 is 9.94 Å². The summed E-state index contributed by atoms with van der Waals surface area (Å²) in [5, 5.41) is 10.5. The molecule has 0 saturated carbocycles. The molecule has 3 heteroatoms. The van der Waals surface area contributed by atoms with Crippen LogP contribution in [0.3, 0.4) is 0 Å². The molecule has 0 amide bonds. The van der Waals surface area contributed by atoms with E-state index in [9.17, 15) is 5.21 Å². The first-order valence-corrected chi connectivity index (χ1v) is 5.95. The van der Waals surface area contributed by atoms with Gasteiger partial charge in [0.15, 0.2) is 6.21 Å². The quantitative estimate of drug-likeness (QED) is 0.172. The van der Waals surface area contributed by atoms with Crippen molar-refractivity contribution in [3.63, 3.8) is 0 Å². The fraction of sp³-hybridized carbons (Fsp3) is 0.615. The highest BCUT2D eigenvalue weighted by molar-refractivity contribution is 5.52. The Morgan fingerprint density at radius 2 is 2.44 bits per heavy atom. The summed E-state index contributed by atoms with van der Waals surface area (Å²) in [6.07, 6.45) is 12.0. The maximum Gasteiger partial charge on any atom is 0.176 e. The van der Waals surface area contributed by atoms with Crippen LogP contribution in [-0.2, 0) is 4.74 Å². The Balaban J connectivity index is 1.56. The first-order chi connectivity index (χ1) is 7.75. The van der Waals surface area contributed by atoms with Gasteiger partial charge in [-0.05, 0) is 31.1 Å². The van der Waals surface area contributed by atoms with E-state index in [4.69, 9.17) is 4.74 Å². The third-order valence-corrected chi connectivity index (χ3v) is 3.22. The second-order valence-electron chi connectivity index (χ2n) is 4.54. The van der Waals surface area contributed by atoms with Gasteiger partial charge in [-0.2, -0.15) is 0 Å². The zero-order valence-corrected chi connectivity index (χ0v) is 9.76. The number of nitrogens with zero attached hydrogens (tertiary/aromatic N) is 1. The van der Waals surface area contributed by atoms with Gasteiger partial charge in [0.2, 0.25) is 0 Å². The van der Waals surface area contributed by atoms with E-state index in [0.717, 1.165) is 24.2 Å². The number of ether oxygens (including phenoxy) is 1. The van der Waals surface area contributed by atoms with E-state index in [1.807, 2.05) is 0 Å². The molecule has 0 aromatic carbocycles. The average molecular weight is 221 g/mol. The van der Waals surface area contributed by atoms with Crippen LogP contribution in [0.1, 0.15) is 19.3 Å². The average Bonchev–Trinajstić information content (AvgIpc) is 2.84. The van der Waals surface area contributed by atoms with Crippen molar-refractivity contribution in [2.75, 3.05) is 20.3 Å². The number of hydroxylamine groups is 1. The maximum atomic E-state index is 10.5. The molecule has 0 heterocycles. The summed E-state index contributed by atoms with van der Waals surface area (Å²) < 4.78 is 6.12. The summed E-state index contributed by atoms with van der Waals surface area (Å²) in [5.74, 6) is 1.42. The standard InChI is InChI=1S/C13H19NO2/c1-14(15)6-8-16-7-2-3-12-9-11-4-5-13(12)10-11/h4-6,9,11,13H,2-3,7-8,10H2,1H3/b14-6-. The molecule has 0 N–H and O–H groups in total. The summed E-state index contributed by atoms with van der Waals surface area (Å²) >= 11 is 0. The zero-order valence-electron chi connectivity index (χ0n) is 9.76. The highest BCUT2D eigenvalue weighted by atomic mass is 16.5.